The third-order valence-corrected chi connectivity index (χ3v) is 21.9. The Hall–Kier alpha value is -1.22. The summed E-state index contributed by atoms with van der Waals surface area (Å²) in [7, 11) is 0. The summed E-state index contributed by atoms with van der Waals surface area (Å²) in [5.41, 5.74) is 0.960. The van der Waals surface area contributed by atoms with Crippen molar-refractivity contribution in [3.63, 3.8) is 0 Å². The Bertz CT molecular complexity index is 1410. The van der Waals surface area contributed by atoms with E-state index in [1.807, 2.05) is 0 Å². The standard InChI is InChI=1S/2C26H44O4.CH4/c2*1-5-17-21-14-16(27)10-12-26(21,4)20-11-13-25(3)18(15(2)6-9-22(28)29)7-8-19(25)23(20)24(17)30;/h2*15-21,23-24,27,30H,5-14H2,1-4H3,(H,28,29);1H4/t2*15-,16-,17-,18-,19?,20?,21+,23?,24-,25-,26-;/m11./s1. The lowest BCUT2D eigenvalue weighted by Crippen LogP contribution is -2.62. The molecule has 352 valence electrons. The quantitative estimate of drug-likeness (QED) is 0.127. The molecule has 61 heavy (non-hydrogen) atoms. The predicted octanol–water partition coefficient (Wildman–Crippen LogP) is 10.9. The van der Waals surface area contributed by atoms with Gasteiger partial charge in [0, 0.05) is 12.8 Å². The van der Waals surface area contributed by atoms with Crippen molar-refractivity contribution in [3.05, 3.63) is 0 Å². The molecular weight excluding hydrogens is 765 g/mol. The number of fused-ring (bicyclic) bond motifs is 10. The van der Waals surface area contributed by atoms with E-state index in [0.717, 1.165) is 64.2 Å². The summed E-state index contributed by atoms with van der Waals surface area (Å²) in [6.07, 6.45) is 18.5. The van der Waals surface area contributed by atoms with Crippen LogP contribution >= 0.6 is 0 Å². The zero-order valence-electron chi connectivity index (χ0n) is 39.0. The normalized spacial score (nSPS) is 50.7. The highest BCUT2D eigenvalue weighted by Gasteiger charge is 2.66. The van der Waals surface area contributed by atoms with Gasteiger partial charge in [0.15, 0.2) is 0 Å². The SMILES string of the molecule is C.CC[C@H]1[C@@H](O)C2C3CC[C@H]([C@H](C)CCC(=O)O)[C@@]3(C)CCC2[C@@]2(C)CC[C@@H](O)C[C@@H]12.CC[C@H]1[C@@H](O)C2C3CC[C@H]([C@H](C)CCC(=O)O)[C@@]3(C)CCC2[C@@]2(C)CC[C@@H](O)C[C@@H]12. The molecule has 6 unspecified atom stereocenters. The first kappa shape index (κ1) is 49.2. The molecule has 8 aliphatic rings. The third kappa shape index (κ3) is 8.34. The van der Waals surface area contributed by atoms with Crippen molar-refractivity contribution >= 4 is 11.9 Å². The molecule has 8 aliphatic carbocycles. The van der Waals surface area contributed by atoms with Gasteiger partial charge in [0.1, 0.15) is 0 Å². The van der Waals surface area contributed by atoms with Crippen LogP contribution in [0, 0.1) is 105 Å². The molecule has 0 amide bonds. The molecule has 0 saturated heterocycles. The molecule has 0 spiro atoms. The summed E-state index contributed by atoms with van der Waals surface area (Å²) in [6.45, 7) is 18.9. The number of carboxylic acid groups (broad SMARTS) is 2. The minimum Gasteiger partial charge on any atom is -0.481 e. The molecule has 6 N–H and O–H groups in total. The number of aliphatic hydroxyl groups is 4. The molecule has 22 atom stereocenters. The molecule has 8 heteroatoms. The largest absolute Gasteiger partial charge is 0.481 e. The third-order valence-electron chi connectivity index (χ3n) is 21.9. The van der Waals surface area contributed by atoms with Gasteiger partial charge in [-0.25, -0.2) is 0 Å². The van der Waals surface area contributed by atoms with E-state index in [0.29, 0.717) is 82.9 Å². The Balaban J connectivity index is 0.000000201. The summed E-state index contributed by atoms with van der Waals surface area (Å²) >= 11 is 0. The van der Waals surface area contributed by atoms with E-state index in [9.17, 15) is 30.0 Å². The summed E-state index contributed by atoms with van der Waals surface area (Å²) in [6, 6.07) is 0. The Labute approximate surface area is 371 Å². The van der Waals surface area contributed by atoms with E-state index in [2.05, 4.69) is 55.4 Å². The number of carbonyl (C=O) groups is 2. The molecule has 0 aromatic rings. The summed E-state index contributed by atoms with van der Waals surface area (Å²) in [5.74, 6) is 5.15. The first-order chi connectivity index (χ1) is 28.3. The topological polar surface area (TPSA) is 156 Å². The van der Waals surface area contributed by atoms with Crippen LogP contribution in [0.15, 0.2) is 0 Å². The smallest absolute Gasteiger partial charge is 0.303 e. The molecule has 8 fully saturated rings. The van der Waals surface area contributed by atoms with Crippen LogP contribution < -0.4 is 0 Å². The fourth-order valence-electron chi connectivity index (χ4n) is 19.0. The maximum atomic E-state index is 11.7. The fourth-order valence-corrected chi connectivity index (χ4v) is 19.0. The number of aliphatic carboxylic acids is 2. The van der Waals surface area contributed by atoms with Crippen molar-refractivity contribution in [3.8, 4) is 0 Å². The van der Waals surface area contributed by atoms with Gasteiger partial charge in [-0.15, -0.1) is 0 Å². The summed E-state index contributed by atoms with van der Waals surface area (Å²) < 4.78 is 0. The van der Waals surface area contributed by atoms with Crippen molar-refractivity contribution < 1.29 is 40.2 Å². The Kier molecular flexibility index (Phi) is 15.0. The van der Waals surface area contributed by atoms with Gasteiger partial charge >= 0.3 is 11.9 Å². The van der Waals surface area contributed by atoms with Gasteiger partial charge in [-0.1, -0.05) is 75.7 Å². The predicted molar refractivity (Wildman–Crippen MR) is 242 cm³/mol. The zero-order chi connectivity index (χ0) is 43.7. The highest BCUT2D eigenvalue weighted by molar-refractivity contribution is 5.66. The maximum Gasteiger partial charge on any atom is 0.303 e. The second kappa shape index (κ2) is 18.6. The van der Waals surface area contributed by atoms with Gasteiger partial charge < -0.3 is 30.6 Å². The number of hydrogen-bond donors (Lipinski definition) is 6. The molecular formula is C53H92O8. The average Bonchev–Trinajstić information content (AvgIpc) is 3.74. The lowest BCUT2D eigenvalue weighted by molar-refractivity contribution is -0.203. The molecule has 0 bridgehead atoms. The van der Waals surface area contributed by atoms with Gasteiger partial charge in [0.05, 0.1) is 24.4 Å². The maximum absolute atomic E-state index is 11.7. The lowest BCUT2D eigenvalue weighted by atomic mass is 9.41. The van der Waals surface area contributed by atoms with Crippen LogP contribution in [0.1, 0.15) is 191 Å². The van der Waals surface area contributed by atoms with Crippen molar-refractivity contribution in [2.75, 3.05) is 0 Å². The molecule has 0 aliphatic heterocycles. The Morgan fingerprint density at radius 2 is 0.836 bits per heavy atom. The fraction of sp³-hybridized carbons (Fsp3) is 0.962. The Morgan fingerprint density at radius 1 is 0.508 bits per heavy atom. The number of aliphatic hydroxyl groups excluding tert-OH is 4. The van der Waals surface area contributed by atoms with Crippen LogP contribution in [0.3, 0.4) is 0 Å². The van der Waals surface area contributed by atoms with Gasteiger partial charge in [0.25, 0.3) is 0 Å². The van der Waals surface area contributed by atoms with Crippen LogP contribution in [-0.4, -0.2) is 67.0 Å². The number of rotatable bonds is 10. The molecule has 0 aromatic heterocycles. The molecule has 0 heterocycles. The number of hydrogen-bond acceptors (Lipinski definition) is 6. The first-order valence-electron chi connectivity index (χ1n) is 25.4. The second-order valence-corrected chi connectivity index (χ2v) is 24.1. The van der Waals surface area contributed by atoms with Crippen LogP contribution in [0.25, 0.3) is 0 Å². The van der Waals surface area contributed by atoms with Crippen molar-refractivity contribution in [1.82, 2.24) is 0 Å². The van der Waals surface area contributed by atoms with E-state index in [-0.39, 0.29) is 66.3 Å². The van der Waals surface area contributed by atoms with Gasteiger partial charge in [-0.2, -0.15) is 0 Å². The van der Waals surface area contributed by atoms with E-state index in [4.69, 9.17) is 10.2 Å². The lowest BCUT2D eigenvalue weighted by Gasteiger charge is -2.64. The highest BCUT2D eigenvalue weighted by Crippen LogP contribution is 2.71. The monoisotopic (exact) mass is 857 g/mol. The van der Waals surface area contributed by atoms with Crippen LogP contribution in [-0.2, 0) is 9.59 Å². The minimum absolute atomic E-state index is 0. The first-order valence-corrected chi connectivity index (χ1v) is 25.4. The van der Waals surface area contributed by atoms with E-state index < -0.39 is 11.9 Å². The van der Waals surface area contributed by atoms with Crippen LogP contribution in [0.5, 0.6) is 0 Å². The van der Waals surface area contributed by atoms with Gasteiger partial charge in [0.2, 0.25) is 0 Å². The van der Waals surface area contributed by atoms with Crippen LogP contribution in [0.4, 0.5) is 0 Å². The molecule has 8 saturated carbocycles. The van der Waals surface area contributed by atoms with E-state index in [1.165, 1.54) is 51.4 Å². The Morgan fingerprint density at radius 3 is 1.16 bits per heavy atom. The average molecular weight is 857 g/mol. The number of carboxylic acids is 2. The molecule has 8 nitrogen and oxygen atoms in total. The van der Waals surface area contributed by atoms with Gasteiger partial charge in [-0.3, -0.25) is 9.59 Å². The second-order valence-electron chi connectivity index (χ2n) is 24.1. The molecule has 8 rings (SSSR count). The molecule has 0 aromatic carbocycles. The van der Waals surface area contributed by atoms with Crippen molar-refractivity contribution in [2.24, 2.45) is 105 Å². The van der Waals surface area contributed by atoms with Crippen molar-refractivity contribution in [2.45, 2.75) is 216 Å². The van der Waals surface area contributed by atoms with E-state index >= 15 is 0 Å². The highest BCUT2D eigenvalue weighted by atomic mass is 16.4. The van der Waals surface area contributed by atoms with Crippen molar-refractivity contribution in [1.29, 1.82) is 0 Å². The van der Waals surface area contributed by atoms with Gasteiger partial charge in [-0.05, 0) is 207 Å². The minimum atomic E-state index is -0.683. The zero-order valence-corrected chi connectivity index (χ0v) is 39.0. The summed E-state index contributed by atoms with van der Waals surface area (Å²) in [5, 5.41) is 62.5. The van der Waals surface area contributed by atoms with Crippen LogP contribution in [0.2, 0.25) is 0 Å². The van der Waals surface area contributed by atoms with E-state index in [1.54, 1.807) is 0 Å². The molecule has 0 radical (unpaired) electrons. The summed E-state index contributed by atoms with van der Waals surface area (Å²) in [4.78, 5) is 22.2.